The number of hydrogen-bond donors (Lipinski definition) is 1. The Morgan fingerprint density at radius 3 is 2.46 bits per heavy atom. The fourth-order valence-electron chi connectivity index (χ4n) is 3.62. The third kappa shape index (κ3) is 4.20. The van der Waals surface area contributed by atoms with Gasteiger partial charge in [0, 0.05) is 5.56 Å². The molecule has 0 aliphatic heterocycles. The van der Waals surface area contributed by atoms with E-state index in [9.17, 15) is 4.79 Å². The summed E-state index contributed by atoms with van der Waals surface area (Å²) in [7, 11) is 0. The summed E-state index contributed by atoms with van der Waals surface area (Å²) in [5.74, 6) is 1.46. The molecule has 1 amide bonds. The zero-order chi connectivity index (χ0) is 16.9. The molecule has 24 heavy (non-hydrogen) atoms. The van der Waals surface area contributed by atoms with Gasteiger partial charge in [0.1, 0.15) is 5.01 Å². The van der Waals surface area contributed by atoms with Crippen LogP contribution >= 0.6 is 11.3 Å². The predicted octanol–water partition coefficient (Wildman–Crippen LogP) is 5.17. The summed E-state index contributed by atoms with van der Waals surface area (Å²) < 4.78 is 0. The van der Waals surface area contributed by atoms with Crippen LogP contribution in [0.15, 0.2) is 24.3 Å². The van der Waals surface area contributed by atoms with E-state index >= 15 is 0 Å². The van der Waals surface area contributed by atoms with Gasteiger partial charge < -0.3 is 0 Å². The van der Waals surface area contributed by atoms with Crippen LogP contribution in [0.1, 0.15) is 72.3 Å². The Morgan fingerprint density at radius 2 is 1.88 bits per heavy atom. The minimum atomic E-state index is -0.121. The van der Waals surface area contributed by atoms with Crippen LogP contribution in [0, 0.1) is 12.8 Å². The van der Waals surface area contributed by atoms with Crippen LogP contribution in [0.2, 0.25) is 0 Å². The second-order valence-electron chi connectivity index (χ2n) is 6.71. The topological polar surface area (TPSA) is 54.9 Å². The van der Waals surface area contributed by atoms with E-state index in [1.807, 2.05) is 19.1 Å². The largest absolute Gasteiger partial charge is 0.296 e. The summed E-state index contributed by atoms with van der Waals surface area (Å²) in [6, 6.07) is 8.09. The highest BCUT2D eigenvalue weighted by molar-refractivity contribution is 7.15. The SMILES string of the molecule is CCCC1CCC(c2ccc(C(=O)Nc3nnc(C)s3)cc2)CC1. The molecule has 2 aromatic rings. The maximum Gasteiger partial charge on any atom is 0.257 e. The van der Waals surface area contributed by atoms with Gasteiger partial charge in [-0.2, -0.15) is 0 Å². The molecule has 0 saturated heterocycles. The van der Waals surface area contributed by atoms with Crippen molar-refractivity contribution in [3.05, 3.63) is 40.4 Å². The Morgan fingerprint density at radius 1 is 1.17 bits per heavy atom. The minimum absolute atomic E-state index is 0.121. The molecule has 4 nitrogen and oxygen atoms in total. The lowest BCUT2D eigenvalue weighted by molar-refractivity contribution is 0.102. The Balaban J connectivity index is 1.58. The molecule has 5 heteroatoms. The van der Waals surface area contributed by atoms with Crippen LogP contribution < -0.4 is 5.32 Å². The molecule has 0 bridgehead atoms. The number of aryl methyl sites for hydroxylation is 1. The van der Waals surface area contributed by atoms with Gasteiger partial charge in [0.15, 0.2) is 0 Å². The Kier molecular flexibility index (Phi) is 5.61. The number of anilines is 1. The van der Waals surface area contributed by atoms with Gasteiger partial charge in [0.05, 0.1) is 0 Å². The quantitative estimate of drug-likeness (QED) is 0.814. The molecular formula is C19H25N3OS. The highest BCUT2D eigenvalue weighted by Gasteiger charge is 2.22. The van der Waals surface area contributed by atoms with Gasteiger partial charge in [-0.1, -0.05) is 43.2 Å². The maximum absolute atomic E-state index is 12.3. The van der Waals surface area contributed by atoms with Gasteiger partial charge in [-0.15, -0.1) is 10.2 Å². The van der Waals surface area contributed by atoms with Crippen molar-refractivity contribution >= 4 is 22.4 Å². The summed E-state index contributed by atoms with van der Waals surface area (Å²) >= 11 is 1.39. The zero-order valence-electron chi connectivity index (χ0n) is 14.4. The van der Waals surface area contributed by atoms with Gasteiger partial charge in [-0.3, -0.25) is 10.1 Å². The third-order valence-electron chi connectivity index (χ3n) is 4.93. The molecule has 1 aromatic heterocycles. The lowest BCUT2D eigenvalue weighted by Crippen LogP contribution is -2.14. The number of benzene rings is 1. The second-order valence-corrected chi connectivity index (χ2v) is 7.89. The summed E-state index contributed by atoms with van der Waals surface area (Å²) in [5.41, 5.74) is 2.04. The molecule has 1 aromatic carbocycles. The summed E-state index contributed by atoms with van der Waals surface area (Å²) in [5, 5.41) is 12.0. The van der Waals surface area contributed by atoms with E-state index in [1.165, 1.54) is 55.4 Å². The molecule has 0 spiro atoms. The van der Waals surface area contributed by atoms with Gasteiger partial charge in [-0.25, -0.2) is 0 Å². The molecule has 1 aliphatic carbocycles. The smallest absolute Gasteiger partial charge is 0.257 e. The average Bonchev–Trinajstić information content (AvgIpc) is 3.01. The van der Waals surface area contributed by atoms with Crippen LogP contribution in [-0.2, 0) is 0 Å². The molecule has 3 rings (SSSR count). The molecule has 1 saturated carbocycles. The highest BCUT2D eigenvalue weighted by Crippen LogP contribution is 2.37. The number of amides is 1. The van der Waals surface area contributed by atoms with Crippen molar-refractivity contribution < 1.29 is 4.79 Å². The fourth-order valence-corrected chi connectivity index (χ4v) is 4.20. The molecule has 0 radical (unpaired) electrons. The van der Waals surface area contributed by atoms with Crippen molar-refractivity contribution in [2.24, 2.45) is 5.92 Å². The number of aromatic nitrogens is 2. The number of carbonyl (C=O) groups is 1. The minimum Gasteiger partial charge on any atom is -0.296 e. The molecule has 0 unspecified atom stereocenters. The average molecular weight is 343 g/mol. The van der Waals surface area contributed by atoms with E-state index in [0.717, 1.165) is 10.9 Å². The van der Waals surface area contributed by atoms with Crippen molar-refractivity contribution in [3.63, 3.8) is 0 Å². The van der Waals surface area contributed by atoms with Crippen molar-refractivity contribution in [2.75, 3.05) is 5.32 Å². The van der Waals surface area contributed by atoms with Crippen LogP contribution in [0.5, 0.6) is 0 Å². The van der Waals surface area contributed by atoms with E-state index in [0.29, 0.717) is 16.6 Å². The van der Waals surface area contributed by atoms with Crippen molar-refractivity contribution in [3.8, 4) is 0 Å². The van der Waals surface area contributed by atoms with Gasteiger partial charge in [0.2, 0.25) is 5.13 Å². The summed E-state index contributed by atoms with van der Waals surface area (Å²) in [6.45, 7) is 4.15. The lowest BCUT2D eigenvalue weighted by Gasteiger charge is -2.28. The summed E-state index contributed by atoms with van der Waals surface area (Å²) in [6.07, 6.45) is 7.92. The number of nitrogens with one attached hydrogen (secondary N) is 1. The van der Waals surface area contributed by atoms with Crippen LogP contribution in [-0.4, -0.2) is 16.1 Å². The third-order valence-corrected chi connectivity index (χ3v) is 5.69. The predicted molar refractivity (Wildman–Crippen MR) is 98.6 cm³/mol. The Bertz CT molecular complexity index is 672. The maximum atomic E-state index is 12.3. The molecule has 1 fully saturated rings. The Labute approximate surface area is 147 Å². The number of rotatable bonds is 5. The standard InChI is InChI=1S/C19H25N3OS/c1-3-4-14-5-7-15(8-6-14)16-9-11-17(12-10-16)18(23)20-19-22-21-13(2)24-19/h9-12,14-15H,3-8H2,1-2H3,(H,20,22,23). The van der Waals surface area contributed by atoms with E-state index in [-0.39, 0.29) is 5.91 Å². The monoisotopic (exact) mass is 343 g/mol. The molecular weight excluding hydrogens is 318 g/mol. The van der Waals surface area contributed by atoms with E-state index < -0.39 is 0 Å². The van der Waals surface area contributed by atoms with Crippen LogP contribution in [0.4, 0.5) is 5.13 Å². The van der Waals surface area contributed by atoms with Gasteiger partial charge in [0.25, 0.3) is 5.91 Å². The first-order valence-corrected chi connectivity index (χ1v) is 9.68. The van der Waals surface area contributed by atoms with E-state index in [1.54, 1.807) is 0 Å². The number of carbonyl (C=O) groups excluding carboxylic acids is 1. The highest BCUT2D eigenvalue weighted by atomic mass is 32.1. The van der Waals surface area contributed by atoms with Crippen molar-refractivity contribution in [2.45, 2.75) is 58.3 Å². The van der Waals surface area contributed by atoms with Gasteiger partial charge in [-0.05, 0) is 62.1 Å². The number of nitrogens with zero attached hydrogens (tertiary/aromatic N) is 2. The zero-order valence-corrected chi connectivity index (χ0v) is 15.2. The van der Waals surface area contributed by atoms with E-state index in [2.05, 4.69) is 34.6 Å². The van der Waals surface area contributed by atoms with Crippen LogP contribution in [0.3, 0.4) is 0 Å². The molecule has 0 atom stereocenters. The normalized spacial score (nSPS) is 20.8. The molecule has 128 valence electrons. The van der Waals surface area contributed by atoms with E-state index in [4.69, 9.17) is 0 Å². The molecule has 1 heterocycles. The van der Waals surface area contributed by atoms with Crippen molar-refractivity contribution in [1.82, 2.24) is 10.2 Å². The van der Waals surface area contributed by atoms with Gasteiger partial charge >= 0.3 is 0 Å². The molecule has 1 aliphatic rings. The first kappa shape index (κ1) is 17.1. The molecule has 1 N–H and O–H groups in total. The number of hydrogen-bond acceptors (Lipinski definition) is 4. The second kappa shape index (κ2) is 7.88. The Hall–Kier alpha value is -1.75. The van der Waals surface area contributed by atoms with Crippen molar-refractivity contribution in [1.29, 1.82) is 0 Å². The summed E-state index contributed by atoms with van der Waals surface area (Å²) in [4.78, 5) is 12.3. The first-order valence-electron chi connectivity index (χ1n) is 8.87. The van der Waals surface area contributed by atoms with Crippen LogP contribution in [0.25, 0.3) is 0 Å². The first-order chi connectivity index (χ1) is 11.7. The fraction of sp³-hybridized carbons (Fsp3) is 0.526. The lowest BCUT2D eigenvalue weighted by atomic mass is 9.77.